The Morgan fingerprint density at radius 1 is 0.939 bits per heavy atom. The van der Waals surface area contributed by atoms with Crippen molar-refractivity contribution in [2.45, 2.75) is 0 Å². The quantitative estimate of drug-likeness (QED) is 0.364. The highest BCUT2D eigenvalue weighted by molar-refractivity contribution is 6.32. The minimum Gasteiger partial charge on any atom is -0.497 e. The third kappa shape index (κ3) is 4.63. The van der Waals surface area contributed by atoms with Crippen LogP contribution in [-0.4, -0.2) is 32.2 Å². The van der Waals surface area contributed by atoms with Crippen molar-refractivity contribution in [3.8, 4) is 40.0 Å². The minimum absolute atomic E-state index is 0.326. The molecule has 0 unspecified atom stereocenters. The lowest BCUT2D eigenvalue weighted by Crippen LogP contribution is -2.14. The number of nitrogens with zero attached hydrogens (tertiary/aromatic N) is 1. The first-order valence-corrected chi connectivity index (χ1v) is 10.3. The molecular formula is C25H21ClN2O5. The van der Waals surface area contributed by atoms with Crippen LogP contribution in [0.2, 0.25) is 5.02 Å². The summed E-state index contributed by atoms with van der Waals surface area (Å²) in [5, 5.41) is 3.23. The normalized spacial score (nSPS) is 10.5. The maximum atomic E-state index is 13.2. The van der Waals surface area contributed by atoms with Gasteiger partial charge in [0.2, 0.25) is 5.89 Å². The number of methoxy groups -OCH3 is 3. The van der Waals surface area contributed by atoms with E-state index in [1.54, 1.807) is 43.6 Å². The molecule has 0 aliphatic heterocycles. The van der Waals surface area contributed by atoms with Crippen molar-refractivity contribution in [1.82, 2.24) is 4.98 Å². The van der Waals surface area contributed by atoms with Crippen LogP contribution >= 0.6 is 11.6 Å². The number of carbonyl (C=O) groups is 1. The Hall–Kier alpha value is -3.97. The highest BCUT2D eigenvalue weighted by Gasteiger charge is 2.19. The summed E-state index contributed by atoms with van der Waals surface area (Å²) in [5.41, 5.74) is 2.20. The van der Waals surface area contributed by atoms with Gasteiger partial charge in [-0.25, -0.2) is 4.98 Å². The fourth-order valence-corrected chi connectivity index (χ4v) is 3.53. The Morgan fingerprint density at radius 3 is 2.36 bits per heavy atom. The Labute approximate surface area is 195 Å². The Kier molecular flexibility index (Phi) is 6.51. The molecule has 4 rings (SSSR count). The van der Waals surface area contributed by atoms with Crippen LogP contribution in [0.1, 0.15) is 10.4 Å². The van der Waals surface area contributed by atoms with E-state index in [-0.39, 0.29) is 5.91 Å². The van der Waals surface area contributed by atoms with E-state index in [0.29, 0.717) is 45.0 Å². The number of halogens is 1. The second-order valence-electron chi connectivity index (χ2n) is 6.94. The first kappa shape index (κ1) is 22.2. The first-order valence-electron chi connectivity index (χ1n) is 9.96. The fraction of sp³-hybridized carbons (Fsp3) is 0.120. The number of amides is 1. The van der Waals surface area contributed by atoms with Gasteiger partial charge in [0.05, 0.1) is 43.8 Å². The molecule has 1 aromatic heterocycles. The van der Waals surface area contributed by atoms with E-state index in [1.165, 1.54) is 14.2 Å². The van der Waals surface area contributed by atoms with Crippen molar-refractivity contribution in [2.24, 2.45) is 0 Å². The van der Waals surface area contributed by atoms with E-state index in [4.69, 9.17) is 30.2 Å². The zero-order chi connectivity index (χ0) is 23.4. The van der Waals surface area contributed by atoms with Crippen molar-refractivity contribution in [3.05, 3.63) is 77.4 Å². The zero-order valence-corrected chi connectivity index (χ0v) is 19.0. The molecule has 168 valence electrons. The molecule has 7 nitrogen and oxygen atoms in total. The molecule has 0 spiro atoms. The van der Waals surface area contributed by atoms with E-state index < -0.39 is 0 Å². The zero-order valence-electron chi connectivity index (χ0n) is 18.2. The minimum atomic E-state index is -0.363. The van der Waals surface area contributed by atoms with Crippen LogP contribution in [0.4, 0.5) is 5.69 Å². The third-order valence-electron chi connectivity index (χ3n) is 5.00. The first-order chi connectivity index (χ1) is 16.0. The Bertz CT molecular complexity index is 1280. The number of hydrogen-bond acceptors (Lipinski definition) is 6. The van der Waals surface area contributed by atoms with Crippen LogP contribution in [0, 0.1) is 0 Å². The highest BCUT2D eigenvalue weighted by Crippen LogP contribution is 2.36. The average molecular weight is 465 g/mol. The van der Waals surface area contributed by atoms with Crippen molar-refractivity contribution in [3.63, 3.8) is 0 Å². The number of oxazole rings is 1. The average Bonchev–Trinajstić information content (AvgIpc) is 3.35. The summed E-state index contributed by atoms with van der Waals surface area (Å²) in [4.78, 5) is 17.6. The molecule has 0 fully saturated rings. The van der Waals surface area contributed by atoms with E-state index in [1.807, 2.05) is 30.3 Å². The maximum absolute atomic E-state index is 13.2. The van der Waals surface area contributed by atoms with Gasteiger partial charge in [-0.2, -0.15) is 0 Å². The molecule has 0 aliphatic carbocycles. The maximum Gasteiger partial charge on any atom is 0.256 e. The molecule has 8 heteroatoms. The van der Waals surface area contributed by atoms with Crippen molar-refractivity contribution >= 4 is 23.2 Å². The predicted octanol–water partition coefficient (Wildman–Crippen LogP) is 5.94. The molecule has 3 aromatic carbocycles. The molecule has 0 saturated carbocycles. The molecular weight excluding hydrogens is 444 g/mol. The smallest absolute Gasteiger partial charge is 0.256 e. The summed E-state index contributed by atoms with van der Waals surface area (Å²) >= 11 is 6.16. The highest BCUT2D eigenvalue weighted by atomic mass is 35.5. The lowest BCUT2D eigenvalue weighted by molar-refractivity contribution is 0.102. The summed E-state index contributed by atoms with van der Waals surface area (Å²) in [6, 6.07) is 17.7. The lowest BCUT2D eigenvalue weighted by atomic mass is 10.1. The van der Waals surface area contributed by atoms with Gasteiger partial charge in [0.1, 0.15) is 17.2 Å². The Balaban J connectivity index is 1.65. The summed E-state index contributed by atoms with van der Waals surface area (Å²) < 4.78 is 21.8. The SMILES string of the molecule is COc1ccc(-c2cnc(-c3ccccc3C(=O)Nc3cc(OC)c(Cl)cc3OC)o2)cc1. The van der Waals surface area contributed by atoms with Crippen molar-refractivity contribution in [1.29, 1.82) is 0 Å². The number of carbonyl (C=O) groups excluding carboxylic acids is 1. The van der Waals surface area contributed by atoms with Gasteiger partial charge >= 0.3 is 0 Å². The van der Waals surface area contributed by atoms with Crippen LogP contribution in [0.3, 0.4) is 0 Å². The van der Waals surface area contributed by atoms with Crippen LogP contribution in [0.25, 0.3) is 22.8 Å². The molecule has 1 heterocycles. The van der Waals surface area contributed by atoms with Gasteiger partial charge in [-0.05, 0) is 36.4 Å². The number of aromatic nitrogens is 1. The van der Waals surface area contributed by atoms with E-state index >= 15 is 0 Å². The number of hydrogen-bond donors (Lipinski definition) is 1. The van der Waals surface area contributed by atoms with Crippen LogP contribution in [-0.2, 0) is 0 Å². The predicted molar refractivity (Wildman–Crippen MR) is 126 cm³/mol. The molecule has 0 aliphatic rings. The monoisotopic (exact) mass is 464 g/mol. The molecule has 33 heavy (non-hydrogen) atoms. The second kappa shape index (κ2) is 9.67. The molecule has 0 atom stereocenters. The number of ether oxygens (including phenoxy) is 3. The van der Waals surface area contributed by atoms with Gasteiger partial charge in [0.15, 0.2) is 5.76 Å². The van der Waals surface area contributed by atoms with Crippen molar-refractivity contribution < 1.29 is 23.4 Å². The number of rotatable bonds is 7. The molecule has 0 radical (unpaired) electrons. The van der Waals surface area contributed by atoms with Crippen molar-refractivity contribution in [2.75, 3.05) is 26.6 Å². The Morgan fingerprint density at radius 2 is 1.67 bits per heavy atom. The van der Waals surface area contributed by atoms with E-state index in [2.05, 4.69) is 10.3 Å². The van der Waals surface area contributed by atoms with Gasteiger partial charge in [0.25, 0.3) is 5.91 Å². The standard InChI is InChI=1S/C25H21ClN2O5/c1-30-16-10-8-15(9-11-16)23-14-27-25(33-23)18-7-5-4-6-17(18)24(29)28-20-13-21(31-2)19(26)12-22(20)32-3/h4-14H,1-3H3,(H,28,29). The van der Waals surface area contributed by atoms with Gasteiger partial charge in [-0.15, -0.1) is 0 Å². The fourth-order valence-electron chi connectivity index (χ4n) is 3.30. The number of nitrogens with one attached hydrogen (secondary N) is 1. The number of anilines is 1. The van der Waals surface area contributed by atoms with Crippen LogP contribution in [0.5, 0.6) is 17.2 Å². The summed E-state index contributed by atoms with van der Waals surface area (Å²) in [7, 11) is 4.60. The lowest BCUT2D eigenvalue weighted by Gasteiger charge is -2.14. The summed E-state index contributed by atoms with van der Waals surface area (Å²) in [5.74, 6) is 2.11. The van der Waals surface area contributed by atoms with E-state index in [9.17, 15) is 4.79 Å². The summed E-state index contributed by atoms with van der Waals surface area (Å²) in [6.07, 6.45) is 1.62. The molecule has 0 bridgehead atoms. The molecule has 1 N–H and O–H groups in total. The van der Waals surface area contributed by atoms with Gasteiger partial charge in [0, 0.05) is 23.3 Å². The topological polar surface area (TPSA) is 82.8 Å². The summed E-state index contributed by atoms with van der Waals surface area (Å²) in [6.45, 7) is 0. The number of benzene rings is 3. The third-order valence-corrected chi connectivity index (χ3v) is 5.30. The second-order valence-corrected chi connectivity index (χ2v) is 7.35. The van der Waals surface area contributed by atoms with E-state index in [0.717, 1.165) is 11.3 Å². The van der Waals surface area contributed by atoms with Crippen LogP contribution in [0.15, 0.2) is 71.3 Å². The van der Waals surface area contributed by atoms with Gasteiger partial charge in [-0.1, -0.05) is 23.7 Å². The molecule has 0 saturated heterocycles. The largest absolute Gasteiger partial charge is 0.497 e. The van der Waals surface area contributed by atoms with Crippen LogP contribution < -0.4 is 19.5 Å². The van der Waals surface area contributed by atoms with Gasteiger partial charge < -0.3 is 23.9 Å². The molecule has 4 aromatic rings. The van der Waals surface area contributed by atoms with Gasteiger partial charge in [-0.3, -0.25) is 4.79 Å². The molecule has 1 amide bonds.